The summed E-state index contributed by atoms with van der Waals surface area (Å²) in [6.45, 7) is 2.24. The molecular weight excluding hydrogens is 349 g/mol. The van der Waals surface area contributed by atoms with E-state index >= 15 is 0 Å². The maximum atomic E-state index is 12.3. The fourth-order valence-electron chi connectivity index (χ4n) is 3.07. The van der Waals surface area contributed by atoms with E-state index < -0.39 is 12.1 Å². The molecule has 2 N–H and O–H groups in total. The molecule has 1 aromatic carbocycles. The molecule has 0 spiro atoms. The Labute approximate surface area is 149 Å². The van der Waals surface area contributed by atoms with E-state index in [1.54, 1.807) is 0 Å². The van der Waals surface area contributed by atoms with Crippen molar-refractivity contribution in [2.24, 2.45) is 4.99 Å². The Kier molecular flexibility index (Phi) is 5.65. The smallest absolute Gasteiger partial charge is 0.361 e. The molecule has 0 amide bonds. The predicted molar refractivity (Wildman–Crippen MR) is 90.7 cm³/mol. The molecule has 0 bridgehead atoms. The van der Waals surface area contributed by atoms with Gasteiger partial charge in [0, 0.05) is 31.9 Å². The van der Waals surface area contributed by atoms with Gasteiger partial charge in [-0.3, -0.25) is 4.99 Å². The van der Waals surface area contributed by atoms with Crippen LogP contribution in [0.1, 0.15) is 30.7 Å². The largest absolute Gasteiger partial charge is 0.492 e. The second kappa shape index (κ2) is 7.94. The van der Waals surface area contributed by atoms with E-state index in [0.29, 0.717) is 12.8 Å². The van der Waals surface area contributed by atoms with Crippen molar-refractivity contribution >= 4 is 17.6 Å². The molecule has 1 fully saturated rings. The Bertz CT molecular complexity index is 670. The number of carbonyl (C=O) groups excluding carboxylic acids is 1. The van der Waals surface area contributed by atoms with Gasteiger partial charge in [-0.1, -0.05) is 12.1 Å². The number of hydrogen-bond donors (Lipinski definition) is 2. The highest BCUT2D eigenvalue weighted by Gasteiger charge is 2.43. The minimum absolute atomic E-state index is 0.207. The molecule has 2 heterocycles. The van der Waals surface area contributed by atoms with Crippen molar-refractivity contribution in [3.05, 3.63) is 29.8 Å². The quantitative estimate of drug-likeness (QED) is 0.856. The van der Waals surface area contributed by atoms with Crippen LogP contribution in [0.2, 0.25) is 0 Å². The summed E-state index contributed by atoms with van der Waals surface area (Å²) in [5.41, 5.74) is 2.02. The van der Waals surface area contributed by atoms with Gasteiger partial charge in [-0.2, -0.15) is 13.2 Å². The third-order valence-electron chi connectivity index (χ3n) is 4.42. The fraction of sp³-hybridized carbons (Fsp3) is 0.529. The third kappa shape index (κ3) is 4.87. The molecule has 0 saturated carbocycles. The number of halogens is 3. The van der Waals surface area contributed by atoms with Crippen molar-refractivity contribution in [2.45, 2.75) is 31.4 Å². The van der Waals surface area contributed by atoms with Crippen LogP contribution >= 0.6 is 0 Å². The molecule has 0 unspecified atom stereocenters. The minimum atomic E-state index is -4.97. The predicted octanol–water partition coefficient (Wildman–Crippen LogP) is 2.65. The lowest BCUT2D eigenvalue weighted by molar-refractivity contribution is -0.241. The van der Waals surface area contributed by atoms with Gasteiger partial charge in [-0.15, -0.1) is 5.06 Å². The molecule has 0 radical (unpaired) electrons. The van der Waals surface area contributed by atoms with Crippen LogP contribution in [0.5, 0.6) is 0 Å². The summed E-state index contributed by atoms with van der Waals surface area (Å²) in [7, 11) is 0. The number of guanidine groups is 1. The van der Waals surface area contributed by atoms with E-state index in [1.807, 2.05) is 24.3 Å². The average molecular weight is 370 g/mol. The summed E-state index contributed by atoms with van der Waals surface area (Å²) in [5.74, 6) is -1.20. The molecule has 142 valence electrons. The van der Waals surface area contributed by atoms with Gasteiger partial charge in [-0.05, 0) is 42.9 Å². The molecule has 6 nitrogen and oxygen atoms in total. The summed E-state index contributed by atoms with van der Waals surface area (Å²) < 4.78 is 36.8. The first-order valence-electron chi connectivity index (χ1n) is 8.61. The highest BCUT2D eigenvalue weighted by atomic mass is 19.4. The Balaban J connectivity index is 1.55. The molecule has 2 aliphatic heterocycles. The molecule has 2 aliphatic rings. The molecular formula is C17H21F3N4O2. The summed E-state index contributed by atoms with van der Waals surface area (Å²) in [6, 6.07) is 7.92. The third-order valence-corrected chi connectivity index (χ3v) is 4.42. The molecule has 0 aliphatic carbocycles. The second-order valence-electron chi connectivity index (χ2n) is 6.34. The molecule has 1 aromatic rings. The van der Waals surface area contributed by atoms with Crippen LogP contribution < -0.4 is 10.6 Å². The van der Waals surface area contributed by atoms with Crippen LogP contribution in [-0.2, 0) is 9.63 Å². The lowest BCUT2D eigenvalue weighted by atomic mass is 9.90. The number of nitrogens with one attached hydrogen (secondary N) is 2. The van der Waals surface area contributed by atoms with Gasteiger partial charge < -0.3 is 15.5 Å². The first-order chi connectivity index (χ1) is 12.4. The van der Waals surface area contributed by atoms with Crippen molar-refractivity contribution in [1.29, 1.82) is 0 Å². The van der Waals surface area contributed by atoms with Gasteiger partial charge in [0.05, 0.1) is 0 Å². The number of hydrogen-bond acceptors (Lipinski definition) is 6. The van der Waals surface area contributed by atoms with Crippen LogP contribution in [0.4, 0.5) is 18.9 Å². The lowest BCUT2D eigenvalue weighted by Crippen LogP contribution is -2.39. The van der Waals surface area contributed by atoms with Crippen molar-refractivity contribution in [3.63, 3.8) is 0 Å². The number of nitrogens with zero attached hydrogens (tertiary/aromatic N) is 2. The van der Waals surface area contributed by atoms with Crippen molar-refractivity contribution < 1.29 is 22.8 Å². The van der Waals surface area contributed by atoms with Gasteiger partial charge >= 0.3 is 12.1 Å². The summed E-state index contributed by atoms with van der Waals surface area (Å²) in [6.07, 6.45) is -2.71. The zero-order valence-corrected chi connectivity index (χ0v) is 14.2. The zero-order chi connectivity index (χ0) is 18.6. The monoisotopic (exact) mass is 370 g/mol. The van der Waals surface area contributed by atoms with Crippen LogP contribution in [-0.4, -0.2) is 49.3 Å². The van der Waals surface area contributed by atoms with Crippen LogP contribution in [0.25, 0.3) is 0 Å². The minimum Gasteiger partial charge on any atom is -0.361 e. The SMILES string of the molecule is O=C(ON1CCC(c2cccc(NC3=NCCCN3)c2)CC1)C(F)(F)F. The highest BCUT2D eigenvalue weighted by Crippen LogP contribution is 2.30. The highest BCUT2D eigenvalue weighted by molar-refractivity contribution is 5.94. The molecule has 26 heavy (non-hydrogen) atoms. The maximum Gasteiger partial charge on any atom is 0.492 e. The standard InChI is InChI=1S/C17H21F3N4O2/c18-17(19,20)15(25)26-24-9-5-12(6-10-24)13-3-1-4-14(11-13)23-16-21-7-2-8-22-16/h1,3-4,11-12H,2,5-10H2,(H2,21,22,23). The van der Waals surface area contributed by atoms with E-state index in [9.17, 15) is 18.0 Å². The first kappa shape index (κ1) is 18.5. The Morgan fingerprint density at radius 1 is 1.31 bits per heavy atom. The van der Waals surface area contributed by atoms with Gasteiger partial charge in [0.15, 0.2) is 5.96 Å². The summed E-state index contributed by atoms with van der Waals surface area (Å²) >= 11 is 0. The number of benzene rings is 1. The van der Waals surface area contributed by atoms with E-state index in [1.165, 1.54) is 0 Å². The van der Waals surface area contributed by atoms with Gasteiger partial charge in [0.2, 0.25) is 0 Å². The number of hydroxylamine groups is 2. The van der Waals surface area contributed by atoms with Crippen LogP contribution in [0, 0.1) is 0 Å². The van der Waals surface area contributed by atoms with Gasteiger partial charge in [-0.25, -0.2) is 4.79 Å². The molecule has 1 saturated heterocycles. The Morgan fingerprint density at radius 2 is 2.08 bits per heavy atom. The Hall–Kier alpha value is -2.29. The molecule has 0 atom stereocenters. The fourth-order valence-corrected chi connectivity index (χ4v) is 3.07. The van der Waals surface area contributed by atoms with E-state index in [-0.39, 0.29) is 19.0 Å². The topological polar surface area (TPSA) is 66.0 Å². The van der Waals surface area contributed by atoms with Crippen LogP contribution in [0.15, 0.2) is 29.3 Å². The van der Waals surface area contributed by atoms with E-state index in [4.69, 9.17) is 0 Å². The number of rotatable bonds is 3. The lowest BCUT2D eigenvalue weighted by Gasteiger charge is -2.31. The van der Waals surface area contributed by atoms with Crippen molar-refractivity contribution in [3.8, 4) is 0 Å². The zero-order valence-electron chi connectivity index (χ0n) is 14.2. The summed E-state index contributed by atoms with van der Waals surface area (Å²) in [5, 5.41) is 7.53. The van der Waals surface area contributed by atoms with Gasteiger partial charge in [0.25, 0.3) is 0 Å². The number of piperidine rings is 1. The summed E-state index contributed by atoms with van der Waals surface area (Å²) in [4.78, 5) is 19.7. The normalized spacial score (nSPS) is 19.4. The molecule has 0 aromatic heterocycles. The van der Waals surface area contributed by atoms with Crippen molar-refractivity contribution in [1.82, 2.24) is 10.4 Å². The number of aliphatic imine (C=N–C) groups is 1. The first-order valence-corrected chi connectivity index (χ1v) is 8.61. The van der Waals surface area contributed by atoms with Crippen molar-refractivity contribution in [2.75, 3.05) is 31.5 Å². The second-order valence-corrected chi connectivity index (χ2v) is 6.34. The molecule has 9 heteroatoms. The maximum absolute atomic E-state index is 12.3. The average Bonchev–Trinajstić information content (AvgIpc) is 2.63. The number of alkyl halides is 3. The molecule has 3 rings (SSSR count). The Morgan fingerprint density at radius 3 is 2.73 bits per heavy atom. The number of anilines is 1. The van der Waals surface area contributed by atoms with Gasteiger partial charge in [0.1, 0.15) is 0 Å². The van der Waals surface area contributed by atoms with E-state index in [0.717, 1.165) is 41.8 Å². The number of carbonyl (C=O) groups is 1. The van der Waals surface area contributed by atoms with Crippen LogP contribution in [0.3, 0.4) is 0 Å². The van der Waals surface area contributed by atoms with E-state index in [2.05, 4.69) is 20.5 Å².